The van der Waals surface area contributed by atoms with Crippen LogP contribution in [0.3, 0.4) is 0 Å². The number of halogens is 3. The van der Waals surface area contributed by atoms with Gasteiger partial charge in [-0.1, -0.05) is 0 Å². The zero-order valence-corrected chi connectivity index (χ0v) is 12.5. The van der Waals surface area contributed by atoms with Gasteiger partial charge in [-0.25, -0.2) is 4.99 Å². The lowest BCUT2D eigenvalue weighted by Gasteiger charge is -2.29. The SMILES string of the molecule is NC(N)=NC(N)=Nc1ccc(N2CCCCC2)cc1C(F)(F)F. The summed E-state index contributed by atoms with van der Waals surface area (Å²) in [6.07, 6.45) is -1.51. The second-order valence-electron chi connectivity index (χ2n) is 5.25. The summed E-state index contributed by atoms with van der Waals surface area (Å²) in [5.74, 6) is -0.800. The summed E-state index contributed by atoms with van der Waals surface area (Å²) in [7, 11) is 0. The maximum atomic E-state index is 13.3. The Kier molecular flexibility index (Phi) is 4.97. The third-order valence-corrected chi connectivity index (χ3v) is 3.49. The molecule has 0 aliphatic carbocycles. The molecule has 0 radical (unpaired) electrons. The van der Waals surface area contributed by atoms with Gasteiger partial charge in [0.15, 0.2) is 5.96 Å². The summed E-state index contributed by atoms with van der Waals surface area (Å²) < 4.78 is 39.9. The first-order valence-corrected chi connectivity index (χ1v) is 7.17. The van der Waals surface area contributed by atoms with Gasteiger partial charge in [-0.3, -0.25) is 0 Å². The molecule has 1 fully saturated rings. The van der Waals surface area contributed by atoms with Gasteiger partial charge in [0.2, 0.25) is 5.96 Å². The van der Waals surface area contributed by atoms with Gasteiger partial charge in [-0.15, -0.1) is 0 Å². The van der Waals surface area contributed by atoms with Crippen LogP contribution in [0.15, 0.2) is 28.2 Å². The number of guanidine groups is 2. The summed E-state index contributed by atoms with van der Waals surface area (Å²) in [5, 5.41) is 0. The molecule has 0 amide bonds. The lowest BCUT2D eigenvalue weighted by Crippen LogP contribution is -2.29. The van der Waals surface area contributed by atoms with E-state index in [4.69, 9.17) is 17.2 Å². The van der Waals surface area contributed by atoms with Crippen LogP contribution in [0.5, 0.6) is 0 Å². The first kappa shape index (κ1) is 16.9. The molecule has 1 aromatic rings. The van der Waals surface area contributed by atoms with Gasteiger partial charge >= 0.3 is 6.18 Å². The maximum absolute atomic E-state index is 13.3. The second-order valence-corrected chi connectivity index (χ2v) is 5.25. The van der Waals surface area contributed by atoms with E-state index in [1.165, 1.54) is 6.07 Å². The Balaban J connectivity index is 2.41. The van der Waals surface area contributed by atoms with E-state index in [0.717, 1.165) is 38.4 Å². The molecule has 0 spiro atoms. The zero-order valence-electron chi connectivity index (χ0n) is 12.5. The largest absolute Gasteiger partial charge is 0.418 e. The molecule has 0 atom stereocenters. The van der Waals surface area contributed by atoms with Crippen molar-refractivity contribution in [3.05, 3.63) is 23.8 Å². The smallest absolute Gasteiger partial charge is 0.372 e. The predicted octanol–water partition coefficient (Wildman–Crippen LogP) is 1.92. The monoisotopic (exact) mass is 328 g/mol. The number of rotatable bonds is 2. The molecule has 1 aliphatic heterocycles. The van der Waals surface area contributed by atoms with Gasteiger partial charge in [0.1, 0.15) is 0 Å². The molecule has 2 rings (SSSR count). The number of piperidine rings is 1. The van der Waals surface area contributed by atoms with Crippen molar-refractivity contribution in [3.8, 4) is 0 Å². The third kappa shape index (κ3) is 4.51. The summed E-state index contributed by atoms with van der Waals surface area (Å²) in [4.78, 5) is 9.03. The van der Waals surface area contributed by atoms with Crippen LogP contribution in [-0.2, 0) is 6.18 Å². The summed E-state index contributed by atoms with van der Waals surface area (Å²) in [5.41, 5.74) is 15.0. The Hall–Kier alpha value is -2.45. The lowest BCUT2D eigenvalue weighted by molar-refractivity contribution is -0.137. The van der Waals surface area contributed by atoms with Crippen molar-refractivity contribution in [1.29, 1.82) is 0 Å². The molecule has 0 unspecified atom stereocenters. The average molecular weight is 328 g/mol. The van der Waals surface area contributed by atoms with Gasteiger partial charge in [-0.2, -0.15) is 18.2 Å². The molecule has 0 bridgehead atoms. The summed E-state index contributed by atoms with van der Waals surface area (Å²) in [6, 6.07) is 3.97. The second kappa shape index (κ2) is 6.76. The fourth-order valence-electron chi connectivity index (χ4n) is 2.48. The average Bonchev–Trinajstić information content (AvgIpc) is 2.46. The number of hydrogen-bond donors (Lipinski definition) is 3. The van der Waals surface area contributed by atoms with Crippen LogP contribution < -0.4 is 22.1 Å². The Bertz CT molecular complexity index is 613. The molecular weight excluding hydrogens is 309 g/mol. The number of alkyl halides is 3. The zero-order chi connectivity index (χ0) is 17.0. The van der Waals surface area contributed by atoms with E-state index in [1.807, 2.05) is 4.90 Å². The van der Waals surface area contributed by atoms with E-state index in [9.17, 15) is 13.2 Å². The Morgan fingerprint density at radius 1 is 1.04 bits per heavy atom. The van der Waals surface area contributed by atoms with E-state index in [1.54, 1.807) is 6.07 Å². The quantitative estimate of drug-likeness (QED) is 0.569. The molecular formula is C14H19F3N6. The minimum absolute atomic E-state index is 0.319. The standard InChI is InChI=1S/C14H19F3N6/c15-14(16,17)10-8-9(23-6-2-1-3-7-23)4-5-11(10)21-13(20)22-12(18)19/h4-5,8H,1-3,6-7H2,(H6,18,19,20,21,22). The predicted molar refractivity (Wildman–Crippen MR) is 84.6 cm³/mol. The van der Waals surface area contributed by atoms with Crippen molar-refractivity contribution in [2.75, 3.05) is 18.0 Å². The maximum Gasteiger partial charge on any atom is 0.418 e. The Labute approximate surface area is 131 Å². The molecule has 1 saturated heterocycles. The normalized spacial score (nSPS) is 16.3. The first-order valence-electron chi connectivity index (χ1n) is 7.17. The number of nitrogens with zero attached hydrogens (tertiary/aromatic N) is 3. The minimum atomic E-state index is -4.55. The van der Waals surface area contributed by atoms with E-state index in [-0.39, 0.29) is 11.6 Å². The number of hydrogen-bond acceptors (Lipinski definition) is 2. The van der Waals surface area contributed by atoms with Crippen LogP contribution >= 0.6 is 0 Å². The topological polar surface area (TPSA) is 106 Å². The van der Waals surface area contributed by atoms with Crippen LogP contribution in [0.1, 0.15) is 24.8 Å². The molecule has 23 heavy (non-hydrogen) atoms. The molecule has 6 nitrogen and oxygen atoms in total. The van der Waals surface area contributed by atoms with Crippen LogP contribution in [-0.4, -0.2) is 25.0 Å². The van der Waals surface area contributed by atoms with E-state index < -0.39 is 17.7 Å². The lowest BCUT2D eigenvalue weighted by atomic mass is 10.1. The van der Waals surface area contributed by atoms with E-state index in [2.05, 4.69) is 9.98 Å². The molecule has 1 aromatic carbocycles. The molecule has 0 saturated carbocycles. The fraction of sp³-hybridized carbons (Fsp3) is 0.429. The van der Waals surface area contributed by atoms with Gasteiger partial charge in [-0.05, 0) is 37.5 Å². The van der Waals surface area contributed by atoms with Gasteiger partial charge in [0.05, 0.1) is 11.3 Å². The summed E-state index contributed by atoms with van der Waals surface area (Å²) in [6.45, 7) is 1.49. The van der Waals surface area contributed by atoms with E-state index in [0.29, 0.717) is 5.69 Å². The summed E-state index contributed by atoms with van der Waals surface area (Å²) >= 11 is 0. The molecule has 0 aromatic heterocycles. The number of nitrogens with two attached hydrogens (primary N) is 3. The third-order valence-electron chi connectivity index (χ3n) is 3.49. The van der Waals surface area contributed by atoms with Crippen LogP contribution in [0.25, 0.3) is 0 Å². The van der Waals surface area contributed by atoms with Crippen molar-refractivity contribution in [1.82, 2.24) is 0 Å². The molecule has 1 aliphatic rings. The highest BCUT2D eigenvalue weighted by molar-refractivity contribution is 5.93. The molecule has 126 valence electrons. The van der Waals surface area contributed by atoms with Crippen molar-refractivity contribution in [3.63, 3.8) is 0 Å². The highest BCUT2D eigenvalue weighted by atomic mass is 19.4. The number of benzene rings is 1. The molecule has 9 heteroatoms. The van der Waals surface area contributed by atoms with Gasteiger partial charge in [0, 0.05) is 18.8 Å². The highest BCUT2D eigenvalue weighted by Crippen LogP contribution is 2.39. The minimum Gasteiger partial charge on any atom is -0.372 e. The van der Waals surface area contributed by atoms with Crippen molar-refractivity contribution in [2.24, 2.45) is 27.2 Å². The first-order chi connectivity index (χ1) is 10.8. The number of anilines is 1. The van der Waals surface area contributed by atoms with Gasteiger partial charge in [0.25, 0.3) is 0 Å². The molecule has 1 heterocycles. The number of aliphatic imine (C=N–C) groups is 2. The van der Waals surface area contributed by atoms with Crippen LogP contribution in [0.4, 0.5) is 24.5 Å². The van der Waals surface area contributed by atoms with Crippen LogP contribution in [0.2, 0.25) is 0 Å². The molecule has 6 N–H and O–H groups in total. The van der Waals surface area contributed by atoms with Crippen molar-refractivity contribution in [2.45, 2.75) is 25.4 Å². The highest BCUT2D eigenvalue weighted by Gasteiger charge is 2.34. The van der Waals surface area contributed by atoms with Crippen molar-refractivity contribution < 1.29 is 13.2 Å². The van der Waals surface area contributed by atoms with Crippen LogP contribution in [0, 0.1) is 0 Å². The fourth-order valence-corrected chi connectivity index (χ4v) is 2.48. The van der Waals surface area contributed by atoms with Gasteiger partial charge < -0.3 is 22.1 Å². The van der Waals surface area contributed by atoms with Crippen molar-refractivity contribution >= 4 is 23.3 Å². The Morgan fingerprint density at radius 3 is 2.26 bits per heavy atom. The Morgan fingerprint density at radius 2 is 1.70 bits per heavy atom. The van der Waals surface area contributed by atoms with E-state index >= 15 is 0 Å².